The van der Waals surface area contributed by atoms with Crippen molar-refractivity contribution in [3.05, 3.63) is 16.1 Å². The molecule has 0 spiro atoms. The van der Waals surface area contributed by atoms with Gasteiger partial charge in [0.25, 0.3) is 5.91 Å². The standard InChI is InChI=1S/C15H25N3O2S/c1-6-20-11(3)14-16-12(9-21-14)15(19)18-7-10(2)13(8-18)17(4)5/h9-11,13H,6-8H2,1-5H3/t10-,11+,13-/m0/s1. The molecule has 0 saturated carbocycles. The average Bonchev–Trinajstić information content (AvgIpc) is 3.04. The Balaban J connectivity index is 2.04. The summed E-state index contributed by atoms with van der Waals surface area (Å²) in [7, 11) is 4.14. The fourth-order valence-corrected chi connectivity index (χ4v) is 3.64. The third-order valence-corrected chi connectivity index (χ3v) is 5.03. The van der Waals surface area contributed by atoms with Gasteiger partial charge in [0.15, 0.2) is 0 Å². The molecule has 21 heavy (non-hydrogen) atoms. The second-order valence-corrected chi connectivity index (χ2v) is 6.78. The van der Waals surface area contributed by atoms with Crippen molar-refractivity contribution in [1.29, 1.82) is 0 Å². The Morgan fingerprint density at radius 3 is 2.86 bits per heavy atom. The normalized spacial score (nSPS) is 23.8. The molecule has 3 atom stereocenters. The van der Waals surface area contributed by atoms with E-state index in [1.807, 2.05) is 24.1 Å². The maximum atomic E-state index is 12.6. The van der Waals surface area contributed by atoms with E-state index >= 15 is 0 Å². The zero-order chi connectivity index (χ0) is 15.6. The first-order valence-electron chi connectivity index (χ1n) is 7.46. The van der Waals surface area contributed by atoms with Crippen molar-refractivity contribution in [1.82, 2.24) is 14.8 Å². The molecule has 1 aromatic heterocycles. The lowest BCUT2D eigenvalue weighted by molar-refractivity contribution is 0.0743. The molecule has 0 bridgehead atoms. The topological polar surface area (TPSA) is 45.7 Å². The van der Waals surface area contributed by atoms with Gasteiger partial charge in [0.1, 0.15) is 16.8 Å². The third-order valence-electron chi connectivity index (χ3n) is 4.03. The number of ether oxygens (including phenoxy) is 1. The van der Waals surface area contributed by atoms with Crippen molar-refractivity contribution in [2.75, 3.05) is 33.8 Å². The van der Waals surface area contributed by atoms with E-state index in [-0.39, 0.29) is 12.0 Å². The Hall–Kier alpha value is -0.980. The van der Waals surface area contributed by atoms with Crippen molar-refractivity contribution in [3.8, 4) is 0 Å². The van der Waals surface area contributed by atoms with Crippen LogP contribution in [0.1, 0.15) is 42.4 Å². The summed E-state index contributed by atoms with van der Waals surface area (Å²) in [6.07, 6.45) is -0.0476. The lowest BCUT2D eigenvalue weighted by Crippen LogP contribution is -2.35. The third kappa shape index (κ3) is 3.62. The molecular formula is C15H25N3O2S. The fourth-order valence-electron chi connectivity index (χ4n) is 2.84. The van der Waals surface area contributed by atoms with Gasteiger partial charge in [-0.3, -0.25) is 4.79 Å². The number of rotatable bonds is 5. The molecule has 6 heteroatoms. The summed E-state index contributed by atoms with van der Waals surface area (Å²) in [5.41, 5.74) is 0.549. The minimum Gasteiger partial charge on any atom is -0.372 e. The van der Waals surface area contributed by atoms with Crippen molar-refractivity contribution < 1.29 is 9.53 Å². The lowest BCUT2D eigenvalue weighted by Gasteiger charge is -2.22. The second-order valence-electron chi connectivity index (χ2n) is 5.89. The summed E-state index contributed by atoms with van der Waals surface area (Å²) < 4.78 is 5.53. The number of likely N-dealkylation sites (N-methyl/N-ethyl adjacent to an activating group) is 1. The highest BCUT2D eigenvalue weighted by Crippen LogP contribution is 2.25. The van der Waals surface area contributed by atoms with Gasteiger partial charge in [0, 0.05) is 31.1 Å². The maximum absolute atomic E-state index is 12.6. The highest BCUT2D eigenvalue weighted by Gasteiger charge is 2.34. The number of nitrogens with zero attached hydrogens (tertiary/aromatic N) is 3. The average molecular weight is 311 g/mol. The van der Waals surface area contributed by atoms with Crippen molar-refractivity contribution in [2.24, 2.45) is 5.92 Å². The number of thiazole rings is 1. The van der Waals surface area contributed by atoms with E-state index in [1.54, 1.807) is 0 Å². The van der Waals surface area contributed by atoms with Gasteiger partial charge in [-0.1, -0.05) is 6.92 Å². The van der Waals surface area contributed by atoms with E-state index in [1.165, 1.54) is 11.3 Å². The molecule has 2 heterocycles. The fraction of sp³-hybridized carbons (Fsp3) is 0.733. The van der Waals surface area contributed by atoms with Crippen molar-refractivity contribution in [3.63, 3.8) is 0 Å². The van der Waals surface area contributed by atoms with Crippen LogP contribution in [0.15, 0.2) is 5.38 Å². The highest BCUT2D eigenvalue weighted by molar-refractivity contribution is 7.09. The zero-order valence-electron chi connectivity index (χ0n) is 13.5. The molecule has 0 unspecified atom stereocenters. The maximum Gasteiger partial charge on any atom is 0.273 e. The number of amides is 1. The molecule has 5 nitrogen and oxygen atoms in total. The van der Waals surface area contributed by atoms with Crippen LogP contribution in [0.2, 0.25) is 0 Å². The van der Waals surface area contributed by atoms with E-state index in [0.717, 1.165) is 18.1 Å². The summed E-state index contributed by atoms with van der Waals surface area (Å²) in [6, 6.07) is 0.425. The molecule has 0 N–H and O–H groups in total. The highest BCUT2D eigenvalue weighted by atomic mass is 32.1. The monoisotopic (exact) mass is 311 g/mol. The van der Waals surface area contributed by atoms with Crippen LogP contribution in [0.3, 0.4) is 0 Å². The van der Waals surface area contributed by atoms with Gasteiger partial charge in [-0.15, -0.1) is 11.3 Å². The molecular weight excluding hydrogens is 286 g/mol. The van der Waals surface area contributed by atoms with Crippen LogP contribution in [0.5, 0.6) is 0 Å². The number of aromatic nitrogens is 1. The number of hydrogen-bond acceptors (Lipinski definition) is 5. The predicted octanol–water partition coefficient (Wildman–Crippen LogP) is 2.26. The summed E-state index contributed by atoms with van der Waals surface area (Å²) in [4.78, 5) is 21.1. The van der Waals surface area contributed by atoms with Crippen LogP contribution in [-0.2, 0) is 4.74 Å². The molecule has 1 fully saturated rings. The van der Waals surface area contributed by atoms with Crippen LogP contribution >= 0.6 is 11.3 Å². The van der Waals surface area contributed by atoms with E-state index in [2.05, 4.69) is 30.9 Å². The zero-order valence-corrected chi connectivity index (χ0v) is 14.3. The molecule has 0 aliphatic carbocycles. The molecule has 1 saturated heterocycles. The summed E-state index contributed by atoms with van der Waals surface area (Å²) in [6.45, 7) is 8.36. The first kappa shape index (κ1) is 16.4. The molecule has 1 amide bonds. The number of likely N-dealkylation sites (tertiary alicyclic amines) is 1. The second kappa shape index (κ2) is 6.85. The van der Waals surface area contributed by atoms with Crippen LogP contribution in [-0.4, -0.2) is 60.5 Å². The van der Waals surface area contributed by atoms with Crippen molar-refractivity contribution >= 4 is 17.2 Å². The van der Waals surface area contributed by atoms with Crippen LogP contribution in [0.4, 0.5) is 0 Å². The molecule has 1 aromatic rings. The Kier molecular flexibility index (Phi) is 5.35. The van der Waals surface area contributed by atoms with Gasteiger partial charge in [-0.2, -0.15) is 0 Å². The molecule has 118 valence electrons. The van der Waals surface area contributed by atoms with Gasteiger partial charge in [0.05, 0.1) is 0 Å². The molecule has 2 rings (SSSR count). The largest absolute Gasteiger partial charge is 0.372 e. The van der Waals surface area contributed by atoms with E-state index in [4.69, 9.17) is 4.74 Å². The Bertz CT molecular complexity index is 489. The summed E-state index contributed by atoms with van der Waals surface area (Å²) in [5.74, 6) is 0.529. The Labute approximate surface area is 130 Å². The van der Waals surface area contributed by atoms with E-state index < -0.39 is 0 Å². The number of carbonyl (C=O) groups excluding carboxylic acids is 1. The minimum atomic E-state index is -0.0476. The molecule has 0 radical (unpaired) electrons. The minimum absolute atomic E-state index is 0.0393. The van der Waals surface area contributed by atoms with E-state index in [9.17, 15) is 4.79 Å². The van der Waals surface area contributed by atoms with E-state index in [0.29, 0.717) is 24.3 Å². The summed E-state index contributed by atoms with van der Waals surface area (Å²) in [5, 5.41) is 2.72. The quantitative estimate of drug-likeness (QED) is 0.837. The van der Waals surface area contributed by atoms with Gasteiger partial charge in [0.2, 0.25) is 0 Å². The van der Waals surface area contributed by atoms with Crippen LogP contribution in [0, 0.1) is 5.92 Å². The van der Waals surface area contributed by atoms with Gasteiger partial charge in [-0.25, -0.2) is 4.98 Å². The molecule has 0 aromatic carbocycles. The summed E-state index contributed by atoms with van der Waals surface area (Å²) >= 11 is 1.50. The van der Waals surface area contributed by atoms with Crippen molar-refractivity contribution in [2.45, 2.75) is 32.9 Å². The first-order valence-corrected chi connectivity index (χ1v) is 8.34. The number of carbonyl (C=O) groups is 1. The Morgan fingerprint density at radius 1 is 1.57 bits per heavy atom. The van der Waals surface area contributed by atoms with Gasteiger partial charge >= 0.3 is 0 Å². The molecule has 1 aliphatic heterocycles. The SMILES string of the molecule is CCO[C@H](C)c1nc(C(=O)N2C[C@H](C)[C@@H](N(C)C)C2)cs1. The first-order chi connectivity index (χ1) is 9.93. The van der Waals surface area contributed by atoms with Gasteiger partial charge < -0.3 is 14.5 Å². The van der Waals surface area contributed by atoms with Crippen LogP contribution < -0.4 is 0 Å². The van der Waals surface area contributed by atoms with Gasteiger partial charge in [-0.05, 0) is 33.9 Å². The molecule has 1 aliphatic rings. The number of hydrogen-bond donors (Lipinski definition) is 0. The lowest BCUT2D eigenvalue weighted by atomic mass is 10.1. The van der Waals surface area contributed by atoms with Crippen LogP contribution in [0.25, 0.3) is 0 Å². The Morgan fingerprint density at radius 2 is 2.29 bits per heavy atom. The predicted molar refractivity (Wildman–Crippen MR) is 84.7 cm³/mol. The smallest absolute Gasteiger partial charge is 0.273 e.